The second-order valence-corrected chi connectivity index (χ2v) is 6.68. The summed E-state index contributed by atoms with van der Waals surface area (Å²) >= 11 is 1.48. The fourth-order valence-corrected chi connectivity index (χ4v) is 3.50. The van der Waals surface area contributed by atoms with Crippen LogP contribution in [0.1, 0.15) is 34.6 Å². The Labute approximate surface area is 140 Å². The lowest BCUT2D eigenvalue weighted by Gasteiger charge is -2.43. The van der Waals surface area contributed by atoms with Crippen molar-refractivity contribution in [3.05, 3.63) is 0 Å². The fraction of sp³-hybridized carbons (Fsp3) is 0.800. The monoisotopic (exact) mass is 348 g/mol. The Balaban J connectivity index is 2.97. The quantitative estimate of drug-likeness (QED) is 0.527. The average molecular weight is 348 g/mol. The third-order valence-electron chi connectivity index (χ3n) is 3.37. The van der Waals surface area contributed by atoms with Crippen LogP contribution in [0.5, 0.6) is 0 Å². The molecule has 0 amide bonds. The molecule has 0 radical (unpaired) electrons. The van der Waals surface area contributed by atoms with Gasteiger partial charge in [-0.3, -0.25) is 14.4 Å². The van der Waals surface area contributed by atoms with Crippen LogP contribution in [0, 0.1) is 5.92 Å². The van der Waals surface area contributed by atoms with Crippen LogP contribution in [-0.4, -0.2) is 54.0 Å². The van der Waals surface area contributed by atoms with Gasteiger partial charge in [-0.15, -0.1) is 11.8 Å². The van der Waals surface area contributed by atoms with Crippen molar-refractivity contribution in [3.63, 3.8) is 0 Å². The van der Waals surface area contributed by atoms with Gasteiger partial charge in [-0.1, -0.05) is 13.8 Å². The molecule has 8 heteroatoms. The Morgan fingerprint density at radius 2 is 1.57 bits per heavy atom. The summed E-state index contributed by atoms with van der Waals surface area (Å²) in [5.74, 6) is -0.868. The van der Waals surface area contributed by atoms with Crippen molar-refractivity contribution < 1.29 is 33.3 Å². The molecule has 1 heterocycles. The largest absolute Gasteiger partial charge is 0.463 e. The van der Waals surface area contributed by atoms with Gasteiger partial charge >= 0.3 is 17.9 Å². The first-order valence-corrected chi connectivity index (χ1v) is 8.56. The van der Waals surface area contributed by atoms with E-state index in [2.05, 4.69) is 0 Å². The van der Waals surface area contributed by atoms with Crippen molar-refractivity contribution in [3.8, 4) is 0 Å². The molecule has 0 bridgehead atoms. The molecule has 1 saturated heterocycles. The van der Waals surface area contributed by atoms with E-state index in [4.69, 9.17) is 18.9 Å². The number of hydrogen-bond acceptors (Lipinski definition) is 8. The summed E-state index contributed by atoms with van der Waals surface area (Å²) in [5, 5.41) is 0. The third kappa shape index (κ3) is 6.02. The molecule has 5 unspecified atom stereocenters. The second kappa shape index (κ2) is 9.12. The minimum Gasteiger partial charge on any atom is -0.463 e. The summed E-state index contributed by atoms with van der Waals surface area (Å²) in [6, 6.07) is 0. The van der Waals surface area contributed by atoms with Crippen molar-refractivity contribution in [2.75, 3.05) is 12.4 Å². The van der Waals surface area contributed by atoms with Crippen LogP contribution in [0.25, 0.3) is 0 Å². The summed E-state index contributed by atoms with van der Waals surface area (Å²) in [4.78, 5) is 33.8. The van der Waals surface area contributed by atoms with E-state index in [1.54, 1.807) is 0 Å². The molecule has 0 spiro atoms. The predicted molar refractivity (Wildman–Crippen MR) is 83.7 cm³/mol. The van der Waals surface area contributed by atoms with Crippen LogP contribution >= 0.6 is 11.8 Å². The van der Waals surface area contributed by atoms with Crippen LogP contribution in [-0.2, 0) is 33.3 Å². The summed E-state index contributed by atoms with van der Waals surface area (Å²) in [5.41, 5.74) is -0.411. The van der Waals surface area contributed by atoms with Crippen molar-refractivity contribution in [2.45, 2.75) is 58.4 Å². The molecule has 0 aliphatic carbocycles. The van der Waals surface area contributed by atoms with Gasteiger partial charge in [-0.2, -0.15) is 0 Å². The molecule has 1 rings (SSSR count). The summed E-state index contributed by atoms with van der Waals surface area (Å²) in [6.45, 7) is 7.68. The van der Waals surface area contributed by atoms with Crippen LogP contribution in [0.4, 0.5) is 0 Å². The molecule has 1 aliphatic heterocycles. The molecule has 132 valence electrons. The smallest absolute Gasteiger partial charge is 0.303 e. The number of hydrogen-bond donors (Lipinski definition) is 0. The fourth-order valence-electron chi connectivity index (χ4n) is 2.46. The number of carbonyl (C=O) groups is 3. The first-order chi connectivity index (χ1) is 10.8. The van der Waals surface area contributed by atoms with E-state index in [1.165, 1.54) is 32.5 Å². The van der Waals surface area contributed by atoms with E-state index in [0.29, 0.717) is 0 Å². The minimum atomic E-state index is -0.662. The number of esters is 3. The van der Waals surface area contributed by atoms with Gasteiger partial charge < -0.3 is 18.9 Å². The normalized spacial score (nSPS) is 30.4. The maximum Gasteiger partial charge on any atom is 0.303 e. The summed E-state index contributed by atoms with van der Waals surface area (Å²) in [7, 11) is 0. The Morgan fingerprint density at radius 3 is 2.04 bits per heavy atom. The second-order valence-electron chi connectivity index (χ2n) is 5.31. The standard InChI is InChI=1S/C15H24O7S/c1-6-23-15-14(21-11(5)18)8(2)13(20-10(4)17)12(22-15)7-19-9(3)16/h8,12-15H,6-7H2,1-5H3. The van der Waals surface area contributed by atoms with Gasteiger partial charge in [0, 0.05) is 26.7 Å². The first-order valence-electron chi connectivity index (χ1n) is 7.51. The molecule has 23 heavy (non-hydrogen) atoms. The van der Waals surface area contributed by atoms with Gasteiger partial charge in [0.15, 0.2) is 0 Å². The van der Waals surface area contributed by atoms with E-state index in [0.717, 1.165) is 5.75 Å². The van der Waals surface area contributed by atoms with E-state index in [1.807, 2.05) is 13.8 Å². The average Bonchev–Trinajstić information content (AvgIpc) is 2.43. The van der Waals surface area contributed by atoms with Gasteiger partial charge in [0.25, 0.3) is 0 Å². The lowest BCUT2D eigenvalue weighted by Crippen LogP contribution is -2.56. The molecule has 0 aromatic heterocycles. The third-order valence-corrected chi connectivity index (χ3v) is 4.41. The van der Waals surface area contributed by atoms with Gasteiger partial charge in [-0.05, 0) is 5.75 Å². The molecule has 0 N–H and O–H groups in total. The van der Waals surface area contributed by atoms with Gasteiger partial charge in [0.2, 0.25) is 0 Å². The van der Waals surface area contributed by atoms with Crippen LogP contribution in [0.15, 0.2) is 0 Å². The van der Waals surface area contributed by atoms with Crippen molar-refractivity contribution in [1.29, 1.82) is 0 Å². The van der Waals surface area contributed by atoms with Crippen LogP contribution in [0.2, 0.25) is 0 Å². The van der Waals surface area contributed by atoms with Gasteiger partial charge in [0.1, 0.15) is 30.4 Å². The molecule has 0 aromatic rings. The molecule has 0 aromatic carbocycles. The van der Waals surface area contributed by atoms with E-state index < -0.39 is 41.7 Å². The Bertz CT molecular complexity index is 438. The first kappa shape index (κ1) is 19.8. The zero-order chi connectivity index (χ0) is 17.6. The highest BCUT2D eigenvalue weighted by molar-refractivity contribution is 7.99. The lowest BCUT2D eigenvalue weighted by molar-refractivity contribution is -0.212. The van der Waals surface area contributed by atoms with Gasteiger partial charge in [0.05, 0.1) is 0 Å². The molecule has 7 nitrogen and oxygen atoms in total. The maximum absolute atomic E-state index is 11.4. The van der Waals surface area contributed by atoms with E-state index >= 15 is 0 Å². The highest BCUT2D eigenvalue weighted by Gasteiger charge is 2.47. The summed E-state index contributed by atoms with van der Waals surface area (Å²) in [6.07, 6.45) is -1.81. The zero-order valence-corrected chi connectivity index (χ0v) is 14.9. The number of thioether (sulfide) groups is 1. The Kier molecular flexibility index (Phi) is 7.84. The van der Waals surface area contributed by atoms with Gasteiger partial charge in [-0.25, -0.2) is 0 Å². The Morgan fingerprint density at radius 1 is 1.00 bits per heavy atom. The Hall–Kier alpha value is -1.28. The van der Waals surface area contributed by atoms with Crippen molar-refractivity contribution in [2.24, 2.45) is 5.92 Å². The highest BCUT2D eigenvalue weighted by Crippen LogP contribution is 2.35. The van der Waals surface area contributed by atoms with Crippen LogP contribution < -0.4 is 0 Å². The molecule has 1 fully saturated rings. The number of ether oxygens (including phenoxy) is 4. The molecule has 1 aliphatic rings. The molecular weight excluding hydrogens is 324 g/mol. The predicted octanol–water partition coefficient (Wildman–Crippen LogP) is 1.53. The van der Waals surface area contributed by atoms with Crippen molar-refractivity contribution in [1.82, 2.24) is 0 Å². The molecule has 0 saturated carbocycles. The van der Waals surface area contributed by atoms with Crippen molar-refractivity contribution >= 4 is 29.7 Å². The SMILES string of the molecule is CCSC1OC(COC(C)=O)C(OC(C)=O)C(C)C1OC(C)=O. The zero-order valence-electron chi connectivity index (χ0n) is 14.1. The topological polar surface area (TPSA) is 88.1 Å². The number of rotatable bonds is 6. The number of carbonyl (C=O) groups excluding carboxylic acids is 3. The summed E-state index contributed by atoms with van der Waals surface area (Å²) < 4.78 is 21.6. The minimum absolute atomic E-state index is 0.0226. The molecular formula is C15H24O7S. The van der Waals surface area contributed by atoms with E-state index in [9.17, 15) is 14.4 Å². The maximum atomic E-state index is 11.4. The molecule has 5 atom stereocenters. The van der Waals surface area contributed by atoms with Crippen LogP contribution in [0.3, 0.4) is 0 Å². The lowest BCUT2D eigenvalue weighted by atomic mass is 9.91. The van der Waals surface area contributed by atoms with E-state index in [-0.39, 0.29) is 12.5 Å². The highest BCUT2D eigenvalue weighted by atomic mass is 32.2.